The maximum atomic E-state index is 13.0. The molecule has 38 heavy (non-hydrogen) atoms. The number of H-pyrrole nitrogens is 1. The number of aromatic amines is 1. The van der Waals surface area contributed by atoms with E-state index in [9.17, 15) is 9.90 Å². The van der Waals surface area contributed by atoms with Crippen LogP contribution in [0.5, 0.6) is 5.75 Å². The van der Waals surface area contributed by atoms with E-state index >= 15 is 0 Å². The molecule has 7 heteroatoms. The quantitative estimate of drug-likeness (QED) is 0.178. The first-order chi connectivity index (χ1) is 18.6. The first-order valence-electron chi connectivity index (χ1n) is 13.1. The van der Waals surface area contributed by atoms with Crippen molar-refractivity contribution in [2.45, 2.75) is 39.7 Å². The Morgan fingerprint density at radius 3 is 2.58 bits per heavy atom. The molecule has 0 spiro atoms. The van der Waals surface area contributed by atoms with Crippen molar-refractivity contribution in [2.75, 3.05) is 13.2 Å². The second-order valence-corrected chi connectivity index (χ2v) is 9.26. The van der Waals surface area contributed by atoms with Crippen molar-refractivity contribution in [3.05, 3.63) is 83.3 Å². The number of aliphatic hydroxyl groups is 1. The Balaban J connectivity index is 1.49. The minimum absolute atomic E-state index is 0.163. The number of nitrogens with one attached hydrogen (secondary N) is 1. The highest BCUT2D eigenvalue weighted by molar-refractivity contribution is 6.04. The van der Waals surface area contributed by atoms with Crippen LogP contribution < -0.4 is 4.74 Å². The number of hydrogen-bond acceptors (Lipinski definition) is 5. The number of benzene rings is 3. The van der Waals surface area contributed by atoms with Gasteiger partial charge in [0.25, 0.3) is 0 Å². The topological polar surface area (TPSA) is 89.4 Å². The summed E-state index contributed by atoms with van der Waals surface area (Å²) in [7, 11) is 1.89. The van der Waals surface area contributed by atoms with Crippen LogP contribution in [0.15, 0.2) is 60.7 Å². The Kier molecular flexibility index (Phi) is 7.47. The molecular formula is C31H33N3O4. The molecule has 0 atom stereocenters. The van der Waals surface area contributed by atoms with Gasteiger partial charge in [-0.25, -0.2) is 4.79 Å². The molecule has 7 nitrogen and oxygen atoms in total. The number of nitrogens with zero attached hydrogens (tertiary/aromatic N) is 2. The normalized spacial score (nSPS) is 11.4. The molecule has 0 saturated heterocycles. The number of rotatable bonds is 10. The number of para-hydroxylation sites is 1. The molecule has 2 N–H and O–H groups in total. The Labute approximate surface area is 222 Å². The Bertz CT molecular complexity index is 1590. The monoisotopic (exact) mass is 511 g/mol. The average Bonchev–Trinajstić information content (AvgIpc) is 3.48. The van der Waals surface area contributed by atoms with E-state index in [1.165, 1.54) is 0 Å². The van der Waals surface area contributed by atoms with Crippen LogP contribution in [-0.4, -0.2) is 39.1 Å². The number of aliphatic hydroxyl groups excluding tert-OH is 1. The molecule has 0 unspecified atom stereocenters. The number of carbonyl (C=O) groups is 1. The van der Waals surface area contributed by atoms with Crippen molar-refractivity contribution >= 4 is 27.6 Å². The molecule has 0 aliphatic rings. The van der Waals surface area contributed by atoms with Gasteiger partial charge in [0.05, 0.1) is 31.0 Å². The van der Waals surface area contributed by atoms with Crippen molar-refractivity contribution in [3.8, 4) is 16.9 Å². The summed E-state index contributed by atoms with van der Waals surface area (Å²) in [5.41, 5.74) is 5.69. The summed E-state index contributed by atoms with van der Waals surface area (Å²) >= 11 is 0. The molecule has 2 heterocycles. The third kappa shape index (κ3) is 4.65. The molecule has 5 rings (SSSR count). The van der Waals surface area contributed by atoms with Crippen LogP contribution in [-0.2, 0) is 31.2 Å². The summed E-state index contributed by atoms with van der Waals surface area (Å²) in [6.07, 6.45) is 2.13. The van der Waals surface area contributed by atoms with E-state index < -0.39 is 0 Å². The summed E-state index contributed by atoms with van der Waals surface area (Å²) in [6.45, 7) is 4.52. The van der Waals surface area contributed by atoms with Gasteiger partial charge in [-0.1, -0.05) is 61.5 Å². The number of carbonyl (C=O) groups excluding carboxylic acids is 1. The Morgan fingerprint density at radius 2 is 1.79 bits per heavy atom. The van der Waals surface area contributed by atoms with Gasteiger partial charge in [-0.3, -0.25) is 4.68 Å². The summed E-state index contributed by atoms with van der Waals surface area (Å²) in [5, 5.41) is 17.8. The van der Waals surface area contributed by atoms with Gasteiger partial charge in [-0.15, -0.1) is 0 Å². The Hall–Kier alpha value is -4.10. The summed E-state index contributed by atoms with van der Waals surface area (Å²) in [4.78, 5) is 16.4. The molecule has 5 aromatic rings. The highest BCUT2D eigenvalue weighted by atomic mass is 16.5. The van der Waals surface area contributed by atoms with Crippen LogP contribution in [0.3, 0.4) is 0 Å². The zero-order chi connectivity index (χ0) is 26.6. The Morgan fingerprint density at radius 1 is 1.03 bits per heavy atom. The van der Waals surface area contributed by atoms with Gasteiger partial charge in [0, 0.05) is 34.6 Å². The molecule has 0 aliphatic carbocycles. The third-order valence-electron chi connectivity index (χ3n) is 6.99. The highest BCUT2D eigenvalue weighted by Crippen LogP contribution is 2.36. The molecule has 0 bridgehead atoms. The van der Waals surface area contributed by atoms with Crippen molar-refractivity contribution < 1.29 is 19.4 Å². The van der Waals surface area contributed by atoms with Crippen molar-refractivity contribution in [1.29, 1.82) is 0 Å². The van der Waals surface area contributed by atoms with Gasteiger partial charge in [0.1, 0.15) is 11.4 Å². The zero-order valence-electron chi connectivity index (χ0n) is 22.1. The second-order valence-electron chi connectivity index (χ2n) is 9.26. The van der Waals surface area contributed by atoms with E-state index in [-0.39, 0.29) is 12.6 Å². The fourth-order valence-electron chi connectivity index (χ4n) is 5.32. The lowest BCUT2D eigenvalue weighted by molar-refractivity contribution is 0.0519. The number of esters is 1. The molecule has 2 aromatic heterocycles. The molecule has 0 saturated carbocycles. The fourth-order valence-corrected chi connectivity index (χ4v) is 5.32. The van der Waals surface area contributed by atoms with Crippen LogP contribution in [0.4, 0.5) is 0 Å². The van der Waals surface area contributed by atoms with Gasteiger partial charge < -0.3 is 19.6 Å². The van der Waals surface area contributed by atoms with Gasteiger partial charge in [0.15, 0.2) is 0 Å². The number of hydrogen-bond donors (Lipinski definition) is 2. The van der Waals surface area contributed by atoms with Gasteiger partial charge in [-0.2, -0.15) is 5.10 Å². The van der Waals surface area contributed by atoms with Crippen LogP contribution in [0.1, 0.15) is 47.7 Å². The third-order valence-corrected chi connectivity index (χ3v) is 6.99. The average molecular weight is 512 g/mol. The van der Waals surface area contributed by atoms with E-state index in [0.29, 0.717) is 31.0 Å². The van der Waals surface area contributed by atoms with Crippen LogP contribution >= 0.6 is 0 Å². The number of aryl methyl sites for hydroxylation is 2. The predicted octanol–water partition coefficient (Wildman–Crippen LogP) is 5.96. The minimum Gasteiger partial charge on any atom is -0.493 e. The van der Waals surface area contributed by atoms with Crippen LogP contribution in [0, 0.1) is 0 Å². The van der Waals surface area contributed by atoms with Crippen LogP contribution in [0.25, 0.3) is 32.8 Å². The lowest BCUT2D eigenvalue weighted by atomic mass is 9.97. The molecule has 0 fully saturated rings. The molecule has 196 valence electrons. The SMILES string of the molecule is CCOC(=O)c1[nH]c2c(-c3c(CO)nn(C)c3CC)cccc2c1CCCOc1cccc2ccccc12. The zero-order valence-corrected chi connectivity index (χ0v) is 22.1. The maximum Gasteiger partial charge on any atom is 0.355 e. The summed E-state index contributed by atoms with van der Waals surface area (Å²) in [6, 6.07) is 20.3. The largest absolute Gasteiger partial charge is 0.493 e. The highest BCUT2D eigenvalue weighted by Gasteiger charge is 2.24. The first kappa shape index (κ1) is 25.5. The fraction of sp³-hybridized carbons (Fsp3) is 0.290. The molecular weight excluding hydrogens is 478 g/mol. The lowest BCUT2D eigenvalue weighted by Crippen LogP contribution is -2.09. The standard InChI is InChI=1S/C31H33N3O4/c1-4-26-28(25(19-35)33-34(26)3)24-15-9-14-22-23(30(32-29(22)24)31(36)37-5-2)16-10-18-38-27-17-8-12-20-11-6-7-13-21(20)27/h6-9,11-15,17,32,35H,4-5,10,16,18-19H2,1-3H3. The van der Waals surface area contributed by atoms with E-state index in [1.807, 2.05) is 54.2 Å². The van der Waals surface area contributed by atoms with Gasteiger partial charge in [0.2, 0.25) is 0 Å². The molecule has 0 aliphatic heterocycles. The smallest absolute Gasteiger partial charge is 0.355 e. The van der Waals surface area contributed by atoms with Gasteiger partial charge in [-0.05, 0) is 43.2 Å². The summed E-state index contributed by atoms with van der Waals surface area (Å²) in [5.74, 6) is 0.485. The number of ether oxygens (including phenoxy) is 2. The van der Waals surface area contributed by atoms with E-state index in [1.54, 1.807) is 6.92 Å². The van der Waals surface area contributed by atoms with E-state index in [2.05, 4.69) is 35.2 Å². The number of fused-ring (bicyclic) bond motifs is 2. The predicted molar refractivity (Wildman–Crippen MR) is 150 cm³/mol. The van der Waals surface area contributed by atoms with Crippen LogP contribution in [0.2, 0.25) is 0 Å². The van der Waals surface area contributed by atoms with Crippen molar-refractivity contribution in [3.63, 3.8) is 0 Å². The molecule has 3 aromatic carbocycles. The maximum absolute atomic E-state index is 13.0. The minimum atomic E-state index is -0.371. The van der Waals surface area contributed by atoms with Crippen molar-refractivity contribution in [2.24, 2.45) is 7.05 Å². The van der Waals surface area contributed by atoms with Crippen molar-refractivity contribution in [1.82, 2.24) is 14.8 Å². The second kappa shape index (κ2) is 11.1. The van der Waals surface area contributed by atoms with Gasteiger partial charge >= 0.3 is 5.97 Å². The molecule has 0 amide bonds. The van der Waals surface area contributed by atoms with E-state index in [0.717, 1.165) is 62.7 Å². The lowest BCUT2D eigenvalue weighted by Gasteiger charge is -2.10. The number of aromatic nitrogens is 3. The van der Waals surface area contributed by atoms with E-state index in [4.69, 9.17) is 9.47 Å². The molecule has 0 radical (unpaired) electrons. The first-order valence-corrected chi connectivity index (χ1v) is 13.1. The summed E-state index contributed by atoms with van der Waals surface area (Å²) < 4.78 is 13.4.